The molecule has 0 bridgehead atoms. The molecule has 7 heteroatoms. The fourth-order valence-corrected chi connectivity index (χ4v) is 5.53. The molecule has 7 nitrogen and oxygen atoms in total. The van der Waals surface area contributed by atoms with Crippen molar-refractivity contribution in [1.29, 1.82) is 0 Å². The lowest BCUT2D eigenvalue weighted by Gasteiger charge is -2.13. The summed E-state index contributed by atoms with van der Waals surface area (Å²) in [6.07, 6.45) is 3.42. The summed E-state index contributed by atoms with van der Waals surface area (Å²) in [6, 6.07) is 23.0. The standard InChI is InChI=1S/C28H21N3O4/c32-31(33)19-11-9-16(10-12-19)13-22(27-29-25-20-7-3-1-5-17(20)14-23(25)34-27)28-30-26-21-8-4-2-6-18(21)15-24(26)35-28/h1-13,23-26H,14-15H2/t23-,24-,25+,26+/m0/s1. The number of non-ortho nitro benzene ring substituents is 1. The van der Waals surface area contributed by atoms with Gasteiger partial charge in [0.05, 0.1) is 10.5 Å². The normalized spacial score (nSPS) is 24.8. The van der Waals surface area contributed by atoms with E-state index in [1.807, 2.05) is 30.3 Å². The number of fused-ring (bicyclic) bond motifs is 6. The van der Waals surface area contributed by atoms with Gasteiger partial charge in [0, 0.05) is 25.0 Å². The van der Waals surface area contributed by atoms with Crippen LogP contribution in [0.1, 0.15) is 39.9 Å². The van der Waals surface area contributed by atoms with Crippen LogP contribution < -0.4 is 0 Å². The fraction of sp³-hybridized carbons (Fsp3) is 0.214. The van der Waals surface area contributed by atoms with Gasteiger partial charge in [0.1, 0.15) is 24.3 Å². The molecule has 0 saturated heterocycles. The average Bonchev–Trinajstić information content (AvgIpc) is 3.61. The third-order valence-corrected chi connectivity index (χ3v) is 7.21. The minimum atomic E-state index is -0.403. The molecule has 0 fully saturated rings. The van der Waals surface area contributed by atoms with Crippen LogP contribution in [0.4, 0.5) is 5.69 Å². The summed E-state index contributed by atoms with van der Waals surface area (Å²) in [5, 5.41) is 11.1. The van der Waals surface area contributed by atoms with Gasteiger partial charge in [-0.2, -0.15) is 0 Å². The lowest BCUT2D eigenvalue weighted by Crippen LogP contribution is -2.20. The molecule has 2 aliphatic carbocycles. The number of nitrogens with zero attached hydrogens (tertiary/aromatic N) is 3. The van der Waals surface area contributed by atoms with E-state index in [-0.39, 0.29) is 30.0 Å². The first-order valence-electron chi connectivity index (χ1n) is 11.8. The molecule has 0 spiro atoms. The number of aliphatic imine (C=N–C) groups is 2. The second kappa shape index (κ2) is 7.63. The second-order valence-corrected chi connectivity index (χ2v) is 9.28. The zero-order chi connectivity index (χ0) is 23.5. The lowest BCUT2D eigenvalue weighted by atomic mass is 10.1. The summed E-state index contributed by atoms with van der Waals surface area (Å²) in [7, 11) is 0. The quantitative estimate of drug-likeness (QED) is 0.395. The molecule has 2 heterocycles. The monoisotopic (exact) mass is 463 g/mol. The van der Waals surface area contributed by atoms with Crippen LogP contribution in [0.3, 0.4) is 0 Å². The Morgan fingerprint density at radius 2 is 1.31 bits per heavy atom. The fourth-order valence-electron chi connectivity index (χ4n) is 5.53. The van der Waals surface area contributed by atoms with E-state index >= 15 is 0 Å². The summed E-state index contributed by atoms with van der Waals surface area (Å²) in [5.41, 5.74) is 6.45. The first-order valence-corrected chi connectivity index (χ1v) is 11.8. The van der Waals surface area contributed by atoms with E-state index in [0.29, 0.717) is 17.4 Å². The highest BCUT2D eigenvalue weighted by Gasteiger charge is 2.44. The number of hydrogen-bond acceptors (Lipinski definition) is 6. The van der Waals surface area contributed by atoms with Crippen molar-refractivity contribution in [1.82, 2.24) is 0 Å². The van der Waals surface area contributed by atoms with Crippen molar-refractivity contribution in [3.8, 4) is 0 Å². The zero-order valence-corrected chi connectivity index (χ0v) is 18.7. The Hall–Kier alpha value is -4.26. The summed E-state index contributed by atoms with van der Waals surface area (Å²) in [5.74, 6) is 1.03. The van der Waals surface area contributed by atoms with Crippen LogP contribution in [0.15, 0.2) is 88.4 Å². The van der Waals surface area contributed by atoms with Crippen LogP contribution in [-0.2, 0) is 22.3 Å². The predicted octanol–water partition coefficient (Wildman–Crippen LogP) is 5.17. The van der Waals surface area contributed by atoms with E-state index in [1.54, 1.807) is 12.1 Å². The number of ether oxygens (including phenoxy) is 2. The summed E-state index contributed by atoms with van der Waals surface area (Å²) in [4.78, 5) is 20.6. The van der Waals surface area contributed by atoms with Crippen LogP contribution in [0, 0.1) is 10.1 Å². The zero-order valence-electron chi connectivity index (χ0n) is 18.7. The molecule has 0 unspecified atom stereocenters. The van der Waals surface area contributed by atoms with E-state index in [4.69, 9.17) is 19.5 Å². The highest BCUT2D eigenvalue weighted by Crippen LogP contribution is 2.44. The molecule has 4 atom stereocenters. The molecule has 0 saturated carbocycles. The van der Waals surface area contributed by atoms with Crippen LogP contribution in [0.2, 0.25) is 0 Å². The van der Waals surface area contributed by atoms with Gasteiger partial charge in [-0.05, 0) is 46.0 Å². The minimum absolute atomic E-state index is 0.0462. The Labute approximate surface area is 201 Å². The molecule has 2 aliphatic heterocycles. The third kappa shape index (κ3) is 3.26. The molecule has 0 aromatic heterocycles. The first kappa shape index (κ1) is 20.1. The van der Waals surface area contributed by atoms with E-state index in [2.05, 4.69) is 24.3 Å². The summed E-state index contributed by atoms with van der Waals surface area (Å²) < 4.78 is 12.8. The number of nitro groups is 1. The molecule has 35 heavy (non-hydrogen) atoms. The number of hydrogen-bond donors (Lipinski definition) is 0. The smallest absolute Gasteiger partial charge is 0.269 e. The predicted molar refractivity (Wildman–Crippen MR) is 131 cm³/mol. The molecule has 7 rings (SSSR count). The van der Waals surface area contributed by atoms with Gasteiger partial charge in [-0.1, -0.05) is 48.5 Å². The van der Waals surface area contributed by atoms with Gasteiger partial charge in [-0.25, -0.2) is 9.98 Å². The van der Waals surface area contributed by atoms with Crippen molar-refractivity contribution >= 4 is 23.6 Å². The van der Waals surface area contributed by atoms with Gasteiger partial charge in [-0.15, -0.1) is 0 Å². The molecule has 0 N–H and O–H groups in total. The van der Waals surface area contributed by atoms with E-state index in [9.17, 15) is 10.1 Å². The van der Waals surface area contributed by atoms with Gasteiger partial charge in [-0.3, -0.25) is 10.1 Å². The number of nitro benzene ring substituents is 1. The molecule has 172 valence electrons. The van der Waals surface area contributed by atoms with Gasteiger partial charge in [0.15, 0.2) is 0 Å². The highest BCUT2D eigenvalue weighted by atomic mass is 16.6. The van der Waals surface area contributed by atoms with Crippen molar-refractivity contribution < 1.29 is 14.4 Å². The maximum absolute atomic E-state index is 11.1. The maximum atomic E-state index is 11.1. The van der Waals surface area contributed by atoms with Crippen LogP contribution in [-0.4, -0.2) is 28.9 Å². The summed E-state index contributed by atoms with van der Waals surface area (Å²) >= 11 is 0. The second-order valence-electron chi connectivity index (χ2n) is 9.28. The number of rotatable bonds is 4. The molecule has 3 aromatic rings. The van der Waals surface area contributed by atoms with Gasteiger partial charge in [0.2, 0.25) is 11.8 Å². The van der Waals surface area contributed by atoms with Crippen molar-refractivity contribution in [2.75, 3.05) is 0 Å². The Kier molecular flexibility index (Phi) is 4.39. The van der Waals surface area contributed by atoms with Crippen molar-refractivity contribution in [3.63, 3.8) is 0 Å². The SMILES string of the molecule is O=[N+]([O-])c1ccc(C=C(C2=N[C@@H]3c4ccccc4C[C@@H]3O2)C2=N[C@@H]3c4ccccc4C[C@@H]3O2)cc1. The van der Waals surface area contributed by atoms with Crippen molar-refractivity contribution in [3.05, 3.63) is 116 Å². The van der Waals surface area contributed by atoms with Crippen molar-refractivity contribution in [2.24, 2.45) is 9.98 Å². The van der Waals surface area contributed by atoms with E-state index in [1.165, 1.54) is 34.4 Å². The van der Waals surface area contributed by atoms with E-state index < -0.39 is 4.92 Å². The van der Waals surface area contributed by atoms with Crippen molar-refractivity contribution in [2.45, 2.75) is 37.1 Å². The molecular formula is C28H21N3O4. The minimum Gasteiger partial charge on any atom is -0.471 e. The van der Waals surface area contributed by atoms with E-state index in [0.717, 1.165) is 18.4 Å². The Balaban J connectivity index is 1.29. The third-order valence-electron chi connectivity index (χ3n) is 7.21. The summed E-state index contributed by atoms with van der Waals surface area (Å²) in [6.45, 7) is 0. The maximum Gasteiger partial charge on any atom is 0.269 e. The molecular weight excluding hydrogens is 442 g/mol. The van der Waals surface area contributed by atoms with Gasteiger partial charge >= 0.3 is 0 Å². The Morgan fingerprint density at radius 1 is 0.800 bits per heavy atom. The number of benzene rings is 3. The highest BCUT2D eigenvalue weighted by molar-refractivity contribution is 6.22. The first-order chi connectivity index (χ1) is 17.1. The lowest BCUT2D eigenvalue weighted by molar-refractivity contribution is -0.384. The van der Waals surface area contributed by atoms with Crippen LogP contribution in [0.5, 0.6) is 0 Å². The molecule has 3 aromatic carbocycles. The van der Waals surface area contributed by atoms with Gasteiger partial charge < -0.3 is 9.47 Å². The largest absolute Gasteiger partial charge is 0.471 e. The Bertz CT molecular complexity index is 1380. The topological polar surface area (TPSA) is 86.3 Å². The molecule has 4 aliphatic rings. The average molecular weight is 463 g/mol. The van der Waals surface area contributed by atoms with Crippen LogP contribution >= 0.6 is 0 Å². The molecule has 0 amide bonds. The van der Waals surface area contributed by atoms with Gasteiger partial charge in [0.25, 0.3) is 5.69 Å². The van der Waals surface area contributed by atoms with Crippen LogP contribution in [0.25, 0.3) is 6.08 Å². The Morgan fingerprint density at radius 3 is 1.83 bits per heavy atom. The molecule has 0 radical (unpaired) electrons.